The molecule has 2 N–H and O–H groups in total. The van der Waals surface area contributed by atoms with E-state index >= 15 is 0 Å². The fourth-order valence-electron chi connectivity index (χ4n) is 1.73. The standard InChI is InChI=1S/C14H21N3S/c1-4-10(2)15-9-11(3)18-14-16-12-7-5-6-8-13(12)17-14/h5-8,10-11,15H,4,9H2,1-3H3,(H,16,17). The highest BCUT2D eigenvalue weighted by atomic mass is 32.2. The van der Waals surface area contributed by atoms with Gasteiger partial charge in [-0.15, -0.1) is 0 Å². The average molecular weight is 263 g/mol. The molecule has 0 aliphatic rings. The highest BCUT2D eigenvalue weighted by molar-refractivity contribution is 7.99. The van der Waals surface area contributed by atoms with Crippen LogP contribution in [0.25, 0.3) is 11.0 Å². The van der Waals surface area contributed by atoms with Gasteiger partial charge in [-0.3, -0.25) is 0 Å². The van der Waals surface area contributed by atoms with E-state index in [9.17, 15) is 0 Å². The normalized spacial score (nSPS) is 14.8. The maximum atomic E-state index is 4.58. The van der Waals surface area contributed by atoms with Gasteiger partial charge in [-0.2, -0.15) is 0 Å². The van der Waals surface area contributed by atoms with Crippen LogP contribution >= 0.6 is 11.8 Å². The van der Waals surface area contributed by atoms with Gasteiger partial charge in [0.05, 0.1) is 11.0 Å². The third-order valence-corrected chi connectivity index (χ3v) is 4.03. The third kappa shape index (κ3) is 3.50. The lowest BCUT2D eigenvalue weighted by atomic mass is 10.2. The first-order valence-corrected chi connectivity index (χ1v) is 7.41. The Hall–Kier alpha value is -1.00. The van der Waals surface area contributed by atoms with Crippen LogP contribution in [0.15, 0.2) is 29.4 Å². The van der Waals surface area contributed by atoms with Crippen molar-refractivity contribution >= 4 is 22.8 Å². The van der Waals surface area contributed by atoms with Gasteiger partial charge in [0.15, 0.2) is 5.16 Å². The first kappa shape index (κ1) is 13.4. The van der Waals surface area contributed by atoms with Gasteiger partial charge >= 0.3 is 0 Å². The van der Waals surface area contributed by atoms with Crippen molar-refractivity contribution in [2.24, 2.45) is 0 Å². The molecule has 2 unspecified atom stereocenters. The Balaban J connectivity index is 1.92. The molecule has 4 heteroatoms. The van der Waals surface area contributed by atoms with Crippen molar-refractivity contribution in [3.63, 3.8) is 0 Å². The number of hydrogen-bond donors (Lipinski definition) is 2. The number of benzene rings is 1. The van der Waals surface area contributed by atoms with Gasteiger partial charge in [-0.25, -0.2) is 4.98 Å². The molecule has 0 amide bonds. The topological polar surface area (TPSA) is 40.7 Å². The number of rotatable bonds is 6. The Kier molecular flexibility index (Phi) is 4.66. The highest BCUT2D eigenvalue weighted by Crippen LogP contribution is 2.22. The van der Waals surface area contributed by atoms with Gasteiger partial charge in [0.25, 0.3) is 0 Å². The van der Waals surface area contributed by atoms with Crippen LogP contribution in [0.3, 0.4) is 0 Å². The van der Waals surface area contributed by atoms with Crippen LogP contribution in [-0.2, 0) is 0 Å². The summed E-state index contributed by atoms with van der Waals surface area (Å²) in [6, 6.07) is 8.74. The summed E-state index contributed by atoms with van der Waals surface area (Å²) in [6.45, 7) is 7.66. The molecule has 3 nitrogen and oxygen atoms in total. The van der Waals surface area contributed by atoms with Crippen molar-refractivity contribution < 1.29 is 0 Å². The molecule has 2 atom stereocenters. The molecule has 0 radical (unpaired) electrons. The predicted octanol–water partition coefficient (Wildman–Crippen LogP) is 3.43. The van der Waals surface area contributed by atoms with E-state index in [1.807, 2.05) is 18.2 Å². The van der Waals surface area contributed by atoms with Gasteiger partial charge in [0, 0.05) is 17.8 Å². The van der Waals surface area contributed by atoms with Crippen molar-refractivity contribution in [1.29, 1.82) is 0 Å². The number of hydrogen-bond acceptors (Lipinski definition) is 3. The second-order valence-electron chi connectivity index (χ2n) is 4.71. The maximum Gasteiger partial charge on any atom is 0.166 e. The van der Waals surface area contributed by atoms with Crippen molar-refractivity contribution in [1.82, 2.24) is 15.3 Å². The van der Waals surface area contributed by atoms with Gasteiger partial charge < -0.3 is 10.3 Å². The number of aromatic nitrogens is 2. The molecule has 0 aliphatic carbocycles. The molecule has 1 aromatic heterocycles. The van der Waals surface area contributed by atoms with Crippen molar-refractivity contribution in [2.75, 3.05) is 6.54 Å². The molecule has 0 saturated carbocycles. The fourth-order valence-corrected chi connectivity index (χ4v) is 2.61. The van der Waals surface area contributed by atoms with E-state index in [0.717, 1.165) is 22.7 Å². The second kappa shape index (κ2) is 6.25. The monoisotopic (exact) mass is 263 g/mol. The lowest BCUT2D eigenvalue weighted by Crippen LogP contribution is -2.30. The number of aromatic amines is 1. The zero-order valence-corrected chi connectivity index (χ0v) is 12.1. The summed E-state index contributed by atoms with van der Waals surface area (Å²) in [5.41, 5.74) is 2.16. The van der Waals surface area contributed by atoms with E-state index in [1.165, 1.54) is 6.42 Å². The SMILES string of the molecule is CCC(C)NCC(C)Sc1nc2ccccc2[nH]1. The summed E-state index contributed by atoms with van der Waals surface area (Å²) in [5, 5.41) is 5.05. The van der Waals surface area contributed by atoms with Crippen molar-refractivity contribution in [2.45, 2.75) is 43.6 Å². The summed E-state index contributed by atoms with van der Waals surface area (Å²) >= 11 is 1.79. The van der Waals surface area contributed by atoms with Crippen molar-refractivity contribution in [3.8, 4) is 0 Å². The number of nitrogens with one attached hydrogen (secondary N) is 2. The van der Waals surface area contributed by atoms with Crippen LogP contribution in [0.1, 0.15) is 27.2 Å². The zero-order valence-electron chi connectivity index (χ0n) is 11.2. The lowest BCUT2D eigenvalue weighted by Gasteiger charge is -2.15. The quantitative estimate of drug-likeness (QED) is 0.784. The number of fused-ring (bicyclic) bond motifs is 1. The molecule has 2 aromatic rings. The van der Waals surface area contributed by atoms with Gasteiger partial charge in [0.2, 0.25) is 0 Å². The molecule has 0 bridgehead atoms. The predicted molar refractivity (Wildman–Crippen MR) is 79.2 cm³/mol. The van der Waals surface area contributed by atoms with E-state index in [0.29, 0.717) is 11.3 Å². The Morgan fingerprint density at radius 1 is 1.33 bits per heavy atom. The molecule has 0 aliphatic heterocycles. The Labute approximate surface area is 113 Å². The molecule has 0 spiro atoms. The number of thioether (sulfide) groups is 1. The summed E-state index contributed by atoms with van der Waals surface area (Å²) in [6.07, 6.45) is 1.17. The van der Waals surface area contributed by atoms with Gasteiger partial charge in [-0.1, -0.05) is 37.7 Å². The van der Waals surface area contributed by atoms with Crippen LogP contribution in [0.5, 0.6) is 0 Å². The molecular weight excluding hydrogens is 242 g/mol. The number of H-pyrrole nitrogens is 1. The summed E-state index contributed by atoms with van der Waals surface area (Å²) in [4.78, 5) is 7.93. The van der Waals surface area contributed by atoms with E-state index in [4.69, 9.17) is 0 Å². The molecule has 1 aromatic carbocycles. The van der Waals surface area contributed by atoms with E-state index in [-0.39, 0.29) is 0 Å². The van der Waals surface area contributed by atoms with Gasteiger partial charge in [0.1, 0.15) is 0 Å². The van der Waals surface area contributed by atoms with Crippen molar-refractivity contribution in [3.05, 3.63) is 24.3 Å². The van der Waals surface area contributed by atoms with E-state index in [2.05, 4.69) is 42.1 Å². The lowest BCUT2D eigenvalue weighted by molar-refractivity contribution is 0.536. The van der Waals surface area contributed by atoms with Gasteiger partial charge in [-0.05, 0) is 25.5 Å². The molecule has 1 heterocycles. The molecule has 2 rings (SSSR count). The number of imidazole rings is 1. The Morgan fingerprint density at radius 2 is 2.11 bits per heavy atom. The minimum absolute atomic E-state index is 0.513. The first-order chi connectivity index (χ1) is 8.69. The molecule has 0 fully saturated rings. The smallest absolute Gasteiger partial charge is 0.166 e. The summed E-state index contributed by atoms with van der Waals surface area (Å²) in [5.74, 6) is 0. The first-order valence-electron chi connectivity index (χ1n) is 6.53. The maximum absolute atomic E-state index is 4.58. The van der Waals surface area contributed by atoms with E-state index in [1.54, 1.807) is 11.8 Å². The van der Waals surface area contributed by atoms with Crippen LogP contribution in [0.2, 0.25) is 0 Å². The van der Waals surface area contributed by atoms with Crippen LogP contribution in [0.4, 0.5) is 0 Å². The minimum atomic E-state index is 0.513. The Morgan fingerprint density at radius 3 is 2.83 bits per heavy atom. The van der Waals surface area contributed by atoms with Crippen LogP contribution in [-0.4, -0.2) is 27.8 Å². The highest BCUT2D eigenvalue weighted by Gasteiger charge is 2.09. The van der Waals surface area contributed by atoms with Crippen LogP contribution < -0.4 is 5.32 Å². The summed E-state index contributed by atoms with van der Waals surface area (Å²) < 4.78 is 0. The molecule has 0 saturated heterocycles. The minimum Gasteiger partial charge on any atom is -0.333 e. The van der Waals surface area contributed by atoms with Crippen LogP contribution in [0, 0.1) is 0 Å². The largest absolute Gasteiger partial charge is 0.333 e. The third-order valence-electron chi connectivity index (χ3n) is 3.05. The number of para-hydroxylation sites is 2. The summed E-state index contributed by atoms with van der Waals surface area (Å²) in [7, 11) is 0. The Bertz CT molecular complexity index is 461. The fraction of sp³-hybridized carbons (Fsp3) is 0.500. The number of nitrogens with zero attached hydrogens (tertiary/aromatic N) is 1. The molecule has 98 valence electrons. The second-order valence-corrected chi connectivity index (χ2v) is 6.13. The molecule has 18 heavy (non-hydrogen) atoms. The zero-order chi connectivity index (χ0) is 13.0. The molecular formula is C14H21N3S. The average Bonchev–Trinajstić information content (AvgIpc) is 2.77. The van der Waals surface area contributed by atoms with E-state index < -0.39 is 0 Å².